The molecule has 0 radical (unpaired) electrons. The SMILES string of the molecule is O=C1CC=Cc2cc3c(cc21)OCc1ccccc1-3. The summed E-state index contributed by atoms with van der Waals surface area (Å²) in [4.78, 5) is 11.9. The van der Waals surface area contributed by atoms with Crippen LogP contribution in [0.25, 0.3) is 17.2 Å². The first-order chi connectivity index (χ1) is 9.33. The minimum atomic E-state index is 0.169. The maximum Gasteiger partial charge on any atom is 0.167 e. The van der Waals surface area contributed by atoms with Crippen molar-refractivity contribution >= 4 is 11.9 Å². The van der Waals surface area contributed by atoms with Gasteiger partial charge in [-0.2, -0.15) is 0 Å². The van der Waals surface area contributed by atoms with E-state index in [2.05, 4.69) is 18.2 Å². The van der Waals surface area contributed by atoms with Crippen molar-refractivity contribution in [3.8, 4) is 16.9 Å². The molecule has 0 bridgehead atoms. The van der Waals surface area contributed by atoms with Crippen LogP contribution >= 0.6 is 0 Å². The van der Waals surface area contributed by atoms with Crippen LogP contribution in [0, 0.1) is 0 Å². The molecule has 2 heteroatoms. The van der Waals surface area contributed by atoms with Crippen molar-refractivity contribution in [1.82, 2.24) is 0 Å². The Morgan fingerprint density at radius 2 is 1.89 bits per heavy atom. The van der Waals surface area contributed by atoms with Crippen LogP contribution in [0.5, 0.6) is 5.75 Å². The highest BCUT2D eigenvalue weighted by Gasteiger charge is 2.22. The Morgan fingerprint density at radius 3 is 2.84 bits per heavy atom. The first-order valence-corrected chi connectivity index (χ1v) is 6.42. The fraction of sp³-hybridized carbons (Fsp3) is 0.118. The van der Waals surface area contributed by atoms with Crippen LogP contribution in [0.1, 0.15) is 27.9 Å². The van der Waals surface area contributed by atoms with E-state index in [9.17, 15) is 4.79 Å². The van der Waals surface area contributed by atoms with Gasteiger partial charge in [-0.3, -0.25) is 4.79 Å². The number of carbonyl (C=O) groups excluding carboxylic acids is 1. The van der Waals surface area contributed by atoms with Gasteiger partial charge in [0.1, 0.15) is 12.4 Å². The van der Waals surface area contributed by atoms with Gasteiger partial charge in [-0.25, -0.2) is 0 Å². The van der Waals surface area contributed by atoms with Crippen LogP contribution in [-0.4, -0.2) is 5.78 Å². The van der Waals surface area contributed by atoms with Gasteiger partial charge in [0, 0.05) is 17.5 Å². The highest BCUT2D eigenvalue weighted by molar-refractivity contribution is 6.04. The number of fused-ring (bicyclic) bond motifs is 4. The molecule has 1 heterocycles. The molecule has 0 unspecified atom stereocenters. The number of ketones is 1. The maximum absolute atomic E-state index is 11.9. The zero-order valence-electron chi connectivity index (χ0n) is 10.3. The monoisotopic (exact) mass is 248 g/mol. The molecule has 2 aromatic rings. The molecule has 4 rings (SSSR count). The van der Waals surface area contributed by atoms with Crippen LogP contribution in [0.3, 0.4) is 0 Å². The van der Waals surface area contributed by atoms with Gasteiger partial charge in [0.15, 0.2) is 5.78 Å². The van der Waals surface area contributed by atoms with E-state index < -0.39 is 0 Å². The van der Waals surface area contributed by atoms with Gasteiger partial charge in [0.25, 0.3) is 0 Å². The molecule has 19 heavy (non-hydrogen) atoms. The lowest BCUT2D eigenvalue weighted by molar-refractivity contribution is 0.0994. The average Bonchev–Trinajstić information content (AvgIpc) is 2.46. The van der Waals surface area contributed by atoms with Crippen molar-refractivity contribution in [2.24, 2.45) is 0 Å². The molecule has 0 aromatic heterocycles. The van der Waals surface area contributed by atoms with Crippen molar-refractivity contribution in [2.75, 3.05) is 0 Å². The van der Waals surface area contributed by atoms with E-state index in [4.69, 9.17) is 4.74 Å². The van der Waals surface area contributed by atoms with E-state index in [1.165, 1.54) is 11.1 Å². The minimum Gasteiger partial charge on any atom is -0.488 e. The average molecular weight is 248 g/mol. The molecule has 2 aliphatic rings. The summed E-state index contributed by atoms with van der Waals surface area (Å²) in [6.45, 7) is 0.575. The first-order valence-electron chi connectivity index (χ1n) is 6.42. The Morgan fingerprint density at radius 1 is 1.00 bits per heavy atom. The van der Waals surface area contributed by atoms with Crippen LogP contribution in [0.4, 0.5) is 0 Å². The zero-order chi connectivity index (χ0) is 12.8. The second kappa shape index (κ2) is 3.82. The maximum atomic E-state index is 11.9. The van der Waals surface area contributed by atoms with Crippen LogP contribution < -0.4 is 4.74 Å². The van der Waals surface area contributed by atoms with Gasteiger partial charge in [0.05, 0.1) is 0 Å². The lowest BCUT2D eigenvalue weighted by Gasteiger charge is -2.23. The Kier molecular flexibility index (Phi) is 2.12. The Balaban J connectivity index is 1.99. The summed E-state index contributed by atoms with van der Waals surface area (Å²) in [5.74, 6) is 0.990. The van der Waals surface area contributed by atoms with Crippen molar-refractivity contribution in [3.63, 3.8) is 0 Å². The summed E-state index contributed by atoms with van der Waals surface area (Å²) >= 11 is 0. The molecule has 0 atom stereocenters. The molecule has 2 aromatic carbocycles. The van der Waals surface area contributed by atoms with Crippen molar-refractivity contribution in [2.45, 2.75) is 13.0 Å². The Hall–Kier alpha value is -2.35. The van der Waals surface area contributed by atoms with Crippen molar-refractivity contribution in [1.29, 1.82) is 0 Å². The topological polar surface area (TPSA) is 26.3 Å². The van der Waals surface area contributed by atoms with E-state index in [1.807, 2.05) is 30.4 Å². The molecule has 0 N–H and O–H groups in total. The van der Waals surface area contributed by atoms with E-state index >= 15 is 0 Å². The molecule has 0 amide bonds. The number of hydrogen-bond acceptors (Lipinski definition) is 2. The summed E-state index contributed by atoms with van der Waals surface area (Å²) < 4.78 is 5.79. The van der Waals surface area contributed by atoms with Gasteiger partial charge < -0.3 is 4.74 Å². The van der Waals surface area contributed by atoms with Gasteiger partial charge in [-0.1, -0.05) is 36.4 Å². The number of hydrogen-bond donors (Lipinski definition) is 0. The lowest BCUT2D eigenvalue weighted by atomic mass is 9.89. The van der Waals surface area contributed by atoms with Crippen molar-refractivity contribution < 1.29 is 9.53 Å². The second-order valence-corrected chi connectivity index (χ2v) is 4.91. The summed E-state index contributed by atoms with van der Waals surface area (Å²) in [5.41, 5.74) is 5.26. The third-order valence-electron chi connectivity index (χ3n) is 3.74. The summed E-state index contributed by atoms with van der Waals surface area (Å²) in [6.07, 6.45) is 4.43. The molecule has 0 fully saturated rings. The first kappa shape index (κ1) is 10.6. The standard InChI is InChI=1S/C17H12O2/c18-16-7-3-5-11-8-15-13-6-2-1-4-12(13)10-19-17(15)9-14(11)16/h1-6,8-9H,7,10H2. The molecule has 2 nitrogen and oxygen atoms in total. The molecule has 92 valence electrons. The number of allylic oxidation sites excluding steroid dienone is 1. The third-order valence-corrected chi connectivity index (χ3v) is 3.74. The largest absolute Gasteiger partial charge is 0.488 e. The van der Waals surface area contributed by atoms with Gasteiger partial charge >= 0.3 is 0 Å². The molecule has 0 saturated heterocycles. The normalized spacial score (nSPS) is 15.3. The van der Waals surface area contributed by atoms with E-state index in [-0.39, 0.29) is 5.78 Å². The highest BCUT2D eigenvalue weighted by atomic mass is 16.5. The predicted molar refractivity (Wildman–Crippen MR) is 74.2 cm³/mol. The van der Waals surface area contributed by atoms with Crippen LogP contribution in [0.15, 0.2) is 42.5 Å². The quantitative estimate of drug-likeness (QED) is 0.708. The summed E-state index contributed by atoms with van der Waals surface area (Å²) in [5, 5.41) is 0. The minimum absolute atomic E-state index is 0.169. The number of rotatable bonds is 0. The second-order valence-electron chi connectivity index (χ2n) is 4.91. The Labute approximate surface area is 111 Å². The fourth-order valence-electron chi connectivity index (χ4n) is 2.77. The summed E-state index contributed by atoms with van der Waals surface area (Å²) in [6, 6.07) is 12.2. The Bertz CT molecular complexity index is 726. The van der Waals surface area contributed by atoms with Crippen molar-refractivity contribution in [3.05, 3.63) is 59.2 Å². The van der Waals surface area contributed by atoms with Gasteiger partial charge in [-0.05, 0) is 28.8 Å². The number of benzene rings is 2. The van der Waals surface area contributed by atoms with Gasteiger partial charge in [-0.15, -0.1) is 0 Å². The highest BCUT2D eigenvalue weighted by Crippen LogP contribution is 2.40. The molecule has 0 spiro atoms. The van der Waals surface area contributed by atoms with E-state index in [0.717, 1.165) is 22.4 Å². The molecular formula is C17H12O2. The molecule has 1 aliphatic heterocycles. The lowest BCUT2D eigenvalue weighted by Crippen LogP contribution is -2.10. The summed E-state index contributed by atoms with van der Waals surface area (Å²) in [7, 11) is 0. The molecule has 1 aliphatic carbocycles. The number of Topliss-reactive ketones (excluding diaryl/α,β-unsaturated/α-hetero) is 1. The molecular weight excluding hydrogens is 236 g/mol. The zero-order valence-corrected chi connectivity index (χ0v) is 10.3. The fourth-order valence-corrected chi connectivity index (χ4v) is 2.77. The van der Waals surface area contributed by atoms with Crippen LogP contribution in [-0.2, 0) is 6.61 Å². The third kappa shape index (κ3) is 1.53. The van der Waals surface area contributed by atoms with Gasteiger partial charge in [0.2, 0.25) is 0 Å². The predicted octanol–water partition coefficient (Wildman–Crippen LogP) is 3.85. The number of carbonyl (C=O) groups is 1. The van der Waals surface area contributed by atoms with E-state index in [0.29, 0.717) is 13.0 Å². The van der Waals surface area contributed by atoms with Crippen LogP contribution in [0.2, 0.25) is 0 Å². The van der Waals surface area contributed by atoms with E-state index in [1.54, 1.807) is 0 Å². The molecule has 0 saturated carbocycles. The smallest absolute Gasteiger partial charge is 0.167 e. The number of ether oxygens (including phenoxy) is 1.